The van der Waals surface area contributed by atoms with Gasteiger partial charge in [-0.15, -0.1) is 0 Å². The lowest BCUT2D eigenvalue weighted by atomic mass is 9.90. The Balaban J connectivity index is 2.06. The fraction of sp³-hybridized carbons (Fsp3) is 0.333. The van der Waals surface area contributed by atoms with Gasteiger partial charge in [0.05, 0.1) is 5.69 Å². The molecule has 0 radical (unpaired) electrons. The SMILES string of the molecule is CC(C)=CCCC1(C)C=Cc2c(N=[N+]=[N-])c(-c3ccc(C)cc3)cc(C)c2O1. The lowest BCUT2D eigenvalue weighted by molar-refractivity contribution is 0.128. The standard InChI is InChI=1S/C24H27N3O/c1-16(2)7-6-13-24(5)14-12-20-22(26-27-25)21(15-18(4)23(20)28-24)19-10-8-17(3)9-11-19/h7-12,14-15H,6,13H2,1-5H3. The van der Waals surface area contributed by atoms with Crippen molar-refractivity contribution in [3.05, 3.63) is 75.2 Å². The highest BCUT2D eigenvalue weighted by Gasteiger charge is 2.29. The maximum Gasteiger partial charge on any atom is 0.131 e. The van der Waals surface area contributed by atoms with E-state index < -0.39 is 0 Å². The van der Waals surface area contributed by atoms with Crippen LogP contribution in [0.2, 0.25) is 0 Å². The fourth-order valence-corrected chi connectivity index (χ4v) is 3.52. The second-order valence-corrected chi connectivity index (χ2v) is 7.96. The first-order chi connectivity index (χ1) is 13.3. The number of allylic oxidation sites excluding steroid dienone is 2. The Labute approximate surface area is 167 Å². The highest BCUT2D eigenvalue weighted by molar-refractivity contribution is 5.87. The molecule has 1 aliphatic rings. The van der Waals surface area contributed by atoms with Crippen LogP contribution in [0.4, 0.5) is 5.69 Å². The normalized spacial score (nSPS) is 17.3. The van der Waals surface area contributed by atoms with Gasteiger partial charge in [-0.1, -0.05) is 52.7 Å². The van der Waals surface area contributed by atoms with E-state index in [0.29, 0.717) is 5.69 Å². The first kappa shape index (κ1) is 19.8. The quantitative estimate of drug-likeness (QED) is 0.228. The fourth-order valence-electron chi connectivity index (χ4n) is 3.52. The van der Waals surface area contributed by atoms with E-state index in [9.17, 15) is 0 Å². The van der Waals surface area contributed by atoms with Gasteiger partial charge in [0.1, 0.15) is 11.4 Å². The first-order valence-electron chi connectivity index (χ1n) is 9.64. The van der Waals surface area contributed by atoms with Gasteiger partial charge in [-0.2, -0.15) is 0 Å². The molecule has 0 saturated carbocycles. The Morgan fingerprint density at radius 3 is 2.57 bits per heavy atom. The Morgan fingerprint density at radius 2 is 1.93 bits per heavy atom. The summed E-state index contributed by atoms with van der Waals surface area (Å²) >= 11 is 0. The average Bonchev–Trinajstić information content (AvgIpc) is 2.64. The van der Waals surface area contributed by atoms with Crippen molar-refractivity contribution in [1.29, 1.82) is 0 Å². The molecule has 0 bridgehead atoms. The van der Waals surface area contributed by atoms with Crippen LogP contribution in [0.3, 0.4) is 0 Å². The molecule has 0 aliphatic carbocycles. The van der Waals surface area contributed by atoms with Crippen LogP contribution in [-0.2, 0) is 0 Å². The van der Waals surface area contributed by atoms with Crippen molar-refractivity contribution >= 4 is 11.8 Å². The zero-order valence-electron chi connectivity index (χ0n) is 17.3. The summed E-state index contributed by atoms with van der Waals surface area (Å²) in [6.45, 7) is 10.4. The summed E-state index contributed by atoms with van der Waals surface area (Å²) in [6.07, 6.45) is 8.22. The largest absolute Gasteiger partial charge is 0.483 e. The highest BCUT2D eigenvalue weighted by Crippen LogP contribution is 2.46. The lowest BCUT2D eigenvalue weighted by Crippen LogP contribution is -2.32. The predicted molar refractivity (Wildman–Crippen MR) is 117 cm³/mol. The minimum Gasteiger partial charge on any atom is -0.483 e. The van der Waals surface area contributed by atoms with Crippen LogP contribution in [0.1, 0.15) is 50.3 Å². The minimum atomic E-state index is -0.372. The van der Waals surface area contributed by atoms with Crippen LogP contribution in [0, 0.1) is 13.8 Å². The van der Waals surface area contributed by atoms with Crippen molar-refractivity contribution in [2.75, 3.05) is 0 Å². The van der Waals surface area contributed by atoms with E-state index in [1.165, 1.54) is 11.1 Å². The number of fused-ring (bicyclic) bond motifs is 1. The summed E-state index contributed by atoms with van der Waals surface area (Å²) in [5.41, 5.74) is 15.8. The van der Waals surface area contributed by atoms with Gasteiger partial charge in [-0.05, 0) is 81.8 Å². The van der Waals surface area contributed by atoms with Gasteiger partial charge < -0.3 is 4.74 Å². The highest BCUT2D eigenvalue weighted by atomic mass is 16.5. The zero-order valence-corrected chi connectivity index (χ0v) is 17.3. The molecule has 1 unspecified atom stereocenters. The van der Waals surface area contributed by atoms with Crippen molar-refractivity contribution < 1.29 is 4.74 Å². The summed E-state index contributed by atoms with van der Waals surface area (Å²) in [7, 11) is 0. The van der Waals surface area contributed by atoms with Crippen molar-refractivity contribution in [3.8, 4) is 16.9 Å². The number of azide groups is 1. The molecule has 1 atom stereocenters. The molecule has 4 nitrogen and oxygen atoms in total. The molecule has 0 saturated heterocycles. The molecule has 28 heavy (non-hydrogen) atoms. The Morgan fingerprint density at radius 1 is 1.21 bits per heavy atom. The van der Waals surface area contributed by atoms with E-state index in [2.05, 4.69) is 86.3 Å². The molecule has 1 aliphatic heterocycles. The summed E-state index contributed by atoms with van der Waals surface area (Å²) in [6, 6.07) is 10.3. The molecule has 3 rings (SSSR count). The maximum absolute atomic E-state index is 9.16. The van der Waals surface area contributed by atoms with Gasteiger partial charge >= 0.3 is 0 Å². The van der Waals surface area contributed by atoms with Gasteiger partial charge in [0.2, 0.25) is 0 Å². The van der Waals surface area contributed by atoms with Crippen molar-refractivity contribution in [2.45, 2.75) is 53.1 Å². The molecule has 0 amide bonds. The summed E-state index contributed by atoms with van der Waals surface area (Å²) in [4.78, 5) is 3.08. The van der Waals surface area contributed by atoms with Crippen LogP contribution in [0.25, 0.3) is 27.6 Å². The molecule has 0 spiro atoms. The van der Waals surface area contributed by atoms with Gasteiger partial charge in [-0.25, -0.2) is 0 Å². The molecule has 4 heteroatoms. The Kier molecular flexibility index (Phi) is 5.62. The van der Waals surface area contributed by atoms with Crippen LogP contribution in [0.5, 0.6) is 5.75 Å². The third-order valence-electron chi connectivity index (χ3n) is 5.11. The van der Waals surface area contributed by atoms with Gasteiger partial charge in [0, 0.05) is 10.5 Å². The molecule has 0 fully saturated rings. The first-order valence-corrected chi connectivity index (χ1v) is 9.64. The van der Waals surface area contributed by atoms with Crippen molar-refractivity contribution in [1.82, 2.24) is 0 Å². The summed E-state index contributed by atoms with van der Waals surface area (Å²) < 4.78 is 6.43. The number of nitrogens with zero attached hydrogens (tertiary/aromatic N) is 3. The van der Waals surface area contributed by atoms with Crippen LogP contribution in [0.15, 0.2) is 53.2 Å². The molecule has 0 N–H and O–H groups in total. The monoisotopic (exact) mass is 373 g/mol. The molecule has 2 aromatic carbocycles. The Hall–Kier alpha value is -2.97. The second kappa shape index (κ2) is 7.95. The topological polar surface area (TPSA) is 58.0 Å². The van der Waals surface area contributed by atoms with Crippen molar-refractivity contribution in [2.24, 2.45) is 5.11 Å². The minimum absolute atomic E-state index is 0.372. The second-order valence-electron chi connectivity index (χ2n) is 7.96. The average molecular weight is 374 g/mol. The lowest BCUT2D eigenvalue weighted by Gasteiger charge is -2.33. The van der Waals surface area contributed by atoms with Crippen molar-refractivity contribution in [3.63, 3.8) is 0 Å². The molecule has 1 heterocycles. The van der Waals surface area contributed by atoms with E-state index in [0.717, 1.165) is 40.8 Å². The predicted octanol–water partition coefficient (Wildman–Crippen LogP) is 7.82. The number of hydrogen-bond donors (Lipinski definition) is 0. The van der Waals surface area contributed by atoms with Crippen LogP contribution >= 0.6 is 0 Å². The smallest absolute Gasteiger partial charge is 0.131 e. The van der Waals surface area contributed by atoms with E-state index in [-0.39, 0.29) is 5.60 Å². The maximum atomic E-state index is 9.16. The number of ether oxygens (including phenoxy) is 1. The zero-order chi connectivity index (χ0) is 20.3. The van der Waals surface area contributed by atoms with E-state index in [1.54, 1.807) is 0 Å². The van der Waals surface area contributed by atoms with E-state index in [1.807, 2.05) is 6.92 Å². The van der Waals surface area contributed by atoms with Crippen LogP contribution < -0.4 is 4.74 Å². The van der Waals surface area contributed by atoms with Gasteiger partial charge in [0.15, 0.2) is 0 Å². The molecular formula is C24H27N3O. The molecular weight excluding hydrogens is 346 g/mol. The number of aryl methyl sites for hydroxylation is 2. The molecule has 0 aromatic heterocycles. The molecule has 2 aromatic rings. The summed E-state index contributed by atoms with van der Waals surface area (Å²) in [5, 5.41) is 4.03. The summed E-state index contributed by atoms with van der Waals surface area (Å²) in [5.74, 6) is 0.806. The number of rotatable bonds is 5. The third-order valence-corrected chi connectivity index (χ3v) is 5.11. The van der Waals surface area contributed by atoms with Gasteiger partial charge in [0.25, 0.3) is 0 Å². The van der Waals surface area contributed by atoms with Crippen LogP contribution in [-0.4, -0.2) is 5.60 Å². The van der Waals surface area contributed by atoms with E-state index >= 15 is 0 Å². The Bertz CT molecular complexity index is 992. The van der Waals surface area contributed by atoms with Gasteiger partial charge in [-0.3, -0.25) is 0 Å². The third kappa shape index (κ3) is 4.13. The molecule has 144 valence electrons. The number of benzene rings is 2. The van der Waals surface area contributed by atoms with E-state index in [4.69, 9.17) is 10.3 Å². The number of hydrogen-bond acceptors (Lipinski definition) is 2.